The molecule has 1 atom stereocenters. The van der Waals surface area contributed by atoms with Crippen molar-refractivity contribution in [2.45, 2.75) is 26.3 Å². The van der Waals surface area contributed by atoms with Crippen LogP contribution in [-0.2, 0) is 9.59 Å². The Bertz CT molecular complexity index is 638. The van der Waals surface area contributed by atoms with E-state index < -0.39 is 6.03 Å². The molecule has 0 spiro atoms. The number of rotatable bonds is 3. The molecule has 4 amide bonds. The second kappa shape index (κ2) is 5.43. The van der Waals surface area contributed by atoms with Gasteiger partial charge in [-0.1, -0.05) is 0 Å². The number of carbonyl (C=O) groups excluding carboxylic acids is 3. The van der Waals surface area contributed by atoms with Crippen molar-refractivity contribution >= 4 is 17.8 Å². The van der Waals surface area contributed by atoms with Crippen molar-refractivity contribution < 1.29 is 14.4 Å². The molecule has 2 fully saturated rings. The smallest absolute Gasteiger partial charge is 0.325 e. The minimum absolute atomic E-state index is 0.0424. The molecule has 3 rings (SSSR count). The third-order valence-electron chi connectivity index (χ3n) is 4.10. The fraction of sp³-hybridized carbons (Fsp3) is 0.571. The second-order valence-electron chi connectivity index (χ2n) is 5.86. The molecule has 2 aliphatic rings. The summed E-state index contributed by atoms with van der Waals surface area (Å²) < 4.78 is 1.97. The molecule has 1 N–H and O–H groups in total. The van der Waals surface area contributed by atoms with Crippen LogP contribution in [0.2, 0.25) is 0 Å². The molecule has 22 heavy (non-hydrogen) atoms. The quantitative estimate of drug-likeness (QED) is 0.785. The van der Waals surface area contributed by atoms with Crippen molar-refractivity contribution in [3.63, 3.8) is 0 Å². The highest BCUT2D eigenvalue weighted by Crippen LogP contribution is 2.23. The van der Waals surface area contributed by atoms with Crippen LogP contribution in [0, 0.1) is 13.8 Å². The molecule has 1 aromatic rings. The number of hydrogen-bond donors (Lipinski definition) is 1. The van der Waals surface area contributed by atoms with Crippen LogP contribution in [0.5, 0.6) is 0 Å². The number of nitrogens with zero attached hydrogens (tertiary/aromatic N) is 4. The molecule has 0 radical (unpaired) electrons. The Hall–Kier alpha value is -2.38. The van der Waals surface area contributed by atoms with E-state index in [9.17, 15) is 14.4 Å². The Morgan fingerprint density at radius 1 is 1.41 bits per heavy atom. The van der Waals surface area contributed by atoms with Gasteiger partial charge in [0.2, 0.25) is 11.8 Å². The van der Waals surface area contributed by atoms with Crippen LogP contribution in [0.25, 0.3) is 0 Å². The summed E-state index contributed by atoms with van der Waals surface area (Å²) in [7, 11) is 0. The van der Waals surface area contributed by atoms with Gasteiger partial charge < -0.3 is 9.80 Å². The normalized spacial score (nSPS) is 21.6. The lowest BCUT2D eigenvalue weighted by Crippen LogP contribution is -2.40. The Morgan fingerprint density at radius 2 is 2.18 bits per heavy atom. The Kier molecular flexibility index (Phi) is 3.59. The van der Waals surface area contributed by atoms with Gasteiger partial charge in [0, 0.05) is 18.8 Å². The molecule has 1 aromatic heterocycles. The first-order valence-electron chi connectivity index (χ1n) is 7.33. The minimum Gasteiger partial charge on any atom is -0.339 e. The number of nitrogens with one attached hydrogen (secondary N) is 1. The molecule has 8 nitrogen and oxygen atoms in total. The molecule has 0 saturated carbocycles. The lowest BCUT2D eigenvalue weighted by atomic mass is 10.2. The van der Waals surface area contributed by atoms with Gasteiger partial charge in [-0.15, -0.1) is 0 Å². The van der Waals surface area contributed by atoms with Crippen LogP contribution in [0.3, 0.4) is 0 Å². The highest BCUT2D eigenvalue weighted by molar-refractivity contribution is 6.03. The molecule has 0 bridgehead atoms. The van der Waals surface area contributed by atoms with Gasteiger partial charge >= 0.3 is 6.03 Å². The molecule has 0 aromatic carbocycles. The highest BCUT2D eigenvalue weighted by atomic mass is 16.2. The molecule has 8 heteroatoms. The van der Waals surface area contributed by atoms with Crippen molar-refractivity contribution in [1.29, 1.82) is 0 Å². The zero-order valence-electron chi connectivity index (χ0n) is 12.7. The van der Waals surface area contributed by atoms with Gasteiger partial charge in [0.05, 0.1) is 11.7 Å². The van der Waals surface area contributed by atoms with E-state index in [0.717, 1.165) is 17.8 Å². The van der Waals surface area contributed by atoms with E-state index in [1.165, 1.54) is 4.90 Å². The number of imide groups is 1. The summed E-state index contributed by atoms with van der Waals surface area (Å²) in [5, 5.41) is 6.64. The van der Waals surface area contributed by atoms with E-state index >= 15 is 0 Å². The number of hydrogen-bond acceptors (Lipinski definition) is 4. The lowest BCUT2D eigenvalue weighted by molar-refractivity contribution is -0.130. The highest BCUT2D eigenvalue weighted by Gasteiger charge is 2.33. The maximum Gasteiger partial charge on any atom is 0.325 e. The number of carbonyl (C=O) groups is 3. The molecule has 0 unspecified atom stereocenters. The van der Waals surface area contributed by atoms with Crippen LogP contribution >= 0.6 is 0 Å². The van der Waals surface area contributed by atoms with E-state index in [1.54, 1.807) is 4.90 Å². The predicted molar refractivity (Wildman–Crippen MR) is 77.0 cm³/mol. The zero-order chi connectivity index (χ0) is 15.9. The number of amides is 4. The summed E-state index contributed by atoms with van der Waals surface area (Å²) in [6, 6.07) is 1.70. The first-order chi connectivity index (χ1) is 10.4. The number of aryl methyl sites for hydroxylation is 2. The lowest BCUT2D eigenvalue weighted by Gasteiger charge is -2.20. The average molecular weight is 305 g/mol. The average Bonchev–Trinajstić information content (AvgIpc) is 3.10. The SMILES string of the molecule is Cc1cc(C)n([C@H]2CCN(C(=O)CN3CC(=O)NC3=O)C2)n1. The monoisotopic (exact) mass is 305 g/mol. The number of urea groups is 1. The van der Waals surface area contributed by atoms with Gasteiger partial charge in [0.1, 0.15) is 13.1 Å². The third kappa shape index (κ3) is 2.68. The van der Waals surface area contributed by atoms with Crippen molar-refractivity contribution in [3.8, 4) is 0 Å². The fourth-order valence-corrected chi connectivity index (χ4v) is 3.06. The van der Waals surface area contributed by atoms with Crippen molar-refractivity contribution in [3.05, 3.63) is 17.5 Å². The summed E-state index contributed by atoms with van der Waals surface area (Å²) in [5.74, 6) is -0.492. The van der Waals surface area contributed by atoms with Crippen LogP contribution in [0.4, 0.5) is 4.79 Å². The molecular weight excluding hydrogens is 286 g/mol. The fourth-order valence-electron chi connectivity index (χ4n) is 3.06. The van der Waals surface area contributed by atoms with Gasteiger partial charge in [0.15, 0.2) is 0 Å². The van der Waals surface area contributed by atoms with Crippen molar-refractivity contribution in [2.24, 2.45) is 0 Å². The number of aromatic nitrogens is 2. The molecule has 3 heterocycles. The van der Waals surface area contributed by atoms with Crippen molar-refractivity contribution in [2.75, 3.05) is 26.2 Å². The molecular formula is C14H19N5O3. The maximum atomic E-state index is 12.3. The number of likely N-dealkylation sites (tertiary alicyclic amines) is 1. The van der Waals surface area contributed by atoms with E-state index in [2.05, 4.69) is 10.4 Å². The van der Waals surface area contributed by atoms with E-state index in [0.29, 0.717) is 13.1 Å². The molecule has 0 aliphatic carbocycles. The molecule has 2 saturated heterocycles. The molecule has 2 aliphatic heterocycles. The van der Waals surface area contributed by atoms with Crippen LogP contribution in [0.15, 0.2) is 6.07 Å². The third-order valence-corrected chi connectivity index (χ3v) is 4.10. The van der Waals surface area contributed by atoms with Crippen LogP contribution < -0.4 is 5.32 Å². The summed E-state index contributed by atoms with van der Waals surface area (Å²) in [5.41, 5.74) is 2.05. The maximum absolute atomic E-state index is 12.3. The second-order valence-corrected chi connectivity index (χ2v) is 5.86. The Labute approximate surface area is 128 Å². The van der Waals surface area contributed by atoms with Gasteiger partial charge in [-0.2, -0.15) is 5.10 Å². The van der Waals surface area contributed by atoms with E-state index in [4.69, 9.17) is 0 Å². The van der Waals surface area contributed by atoms with Crippen LogP contribution in [0.1, 0.15) is 23.9 Å². The summed E-state index contributed by atoms with van der Waals surface area (Å²) in [6.07, 6.45) is 0.846. The Balaban J connectivity index is 1.60. The van der Waals surface area contributed by atoms with Gasteiger partial charge in [0.25, 0.3) is 0 Å². The van der Waals surface area contributed by atoms with Gasteiger partial charge in [-0.05, 0) is 26.3 Å². The summed E-state index contributed by atoms with van der Waals surface area (Å²) in [4.78, 5) is 37.9. The van der Waals surface area contributed by atoms with Crippen LogP contribution in [-0.4, -0.2) is 63.6 Å². The summed E-state index contributed by atoms with van der Waals surface area (Å²) in [6.45, 7) is 5.09. The first kappa shape index (κ1) is 14.6. The zero-order valence-corrected chi connectivity index (χ0v) is 12.7. The topological polar surface area (TPSA) is 87.5 Å². The summed E-state index contributed by atoms with van der Waals surface area (Å²) >= 11 is 0. The van der Waals surface area contributed by atoms with Gasteiger partial charge in [-0.25, -0.2) is 4.79 Å². The van der Waals surface area contributed by atoms with Gasteiger partial charge in [-0.3, -0.25) is 19.6 Å². The van der Waals surface area contributed by atoms with E-state index in [1.807, 2.05) is 24.6 Å². The molecule has 118 valence electrons. The largest absolute Gasteiger partial charge is 0.339 e. The van der Waals surface area contributed by atoms with Crippen molar-refractivity contribution in [1.82, 2.24) is 24.9 Å². The minimum atomic E-state index is -0.493. The standard InChI is InChI=1S/C14H19N5O3/c1-9-5-10(2)19(16-9)11-3-4-17(6-11)13(21)8-18-7-12(20)15-14(18)22/h5,11H,3-4,6-8H2,1-2H3,(H,15,20,22)/t11-/m0/s1. The predicted octanol–water partition coefficient (Wildman–Crippen LogP) is -0.175. The van der Waals surface area contributed by atoms with E-state index in [-0.39, 0.29) is 30.9 Å². The Morgan fingerprint density at radius 3 is 2.77 bits per heavy atom. The first-order valence-corrected chi connectivity index (χ1v) is 7.33.